The molecule has 0 heterocycles. The number of carboxylic acid groups (broad SMARTS) is 1. The van der Waals surface area contributed by atoms with E-state index in [4.69, 9.17) is 21.4 Å². The average Bonchev–Trinajstić information content (AvgIpc) is 2.67. The van der Waals surface area contributed by atoms with Gasteiger partial charge >= 0.3 is 5.97 Å². The first-order valence-electron chi connectivity index (χ1n) is 8.14. The fourth-order valence-corrected chi connectivity index (χ4v) is 2.70. The van der Waals surface area contributed by atoms with E-state index in [0.29, 0.717) is 23.6 Å². The van der Waals surface area contributed by atoms with E-state index >= 15 is 0 Å². The first-order valence-corrected chi connectivity index (χ1v) is 8.52. The van der Waals surface area contributed by atoms with E-state index in [9.17, 15) is 9.59 Å². The molecule has 3 aromatic rings. The van der Waals surface area contributed by atoms with Crippen LogP contribution in [0, 0.1) is 0 Å². The van der Waals surface area contributed by atoms with Crippen molar-refractivity contribution < 1.29 is 19.4 Å². The molecule has 136 valence electrons. The zero-order chi connectivity index (χ0) is 19.2. The molecule has 0 unspecified atom stereocenters. The van der Waals surface area contributed by atoms with Gasteiger partial charge in [0, 0.05) is 11.3 Å². The van der Waals surface area contributed by atoms with Gasteiger partial charge < -0.3 is 15.2 Å². The molecule has 0 saturated carbocycles. The number of halogens is 1. The molecule has 0 aliphatic carbocycles. The maximum atomic E-state index is 12.4. The van der Waals surface area contributed by atoms with Crippen molar-refractivity contribution in [3.8, 4) is 5.75 Å². The number of carbonyl (C=O) groups excluding carboxylic acids is 1. The fourth-order valence-electron chi connectivity index (χ4n) is 2.44. The molecule has 6 heteroatoms. The Morgan fingerprint density at radius 2 is 1.74 bits per heavy atom. The average molecular weight is 382 g/mol. The summed E-state index contributed by atoms with van der Waals surface area (Å²) in [7, 11) is 0. The third-order valence-electron chi connectivity index (χ3n) is 3.80. The molecule has 0 fully saturated rings. The first-order chi connectivity index (χ1) is 13.0. The van der Waals surface area contributed by atoms with Gasteiger partial charge in [-0.1, -0.05) is 48.0 Å². The fraction of sp³-hybridized carbons (Fsp3) is 0.0476. The smallest absolute Gasteiger partial charge is 0.337 e. The largest absolute Gasteiger partial charge is 0.489 e. The van der Waals surface area contributed by atoms with Gasteiger partial charge in [-0.05, 0) is 42.0 Å². The van der Waals surface area contributed by atoms with Crippen molar-refractivity contribution in [2.24, 2.45) is 0 Å². The monoisotopic (exact) mass is 381 g/mol. The van der Waals surface area contributed by atoms with Crippen molar-refractivity contribution in [1.29, 1.82) is 0 Å². The summed E-state index contributed by atoms with van der Waals surface area (Å²) in [5.41, 5.74) is 1.83. The molecule has 0 atom stereocenters. The minimum atomic E-state index is -1.12. The predicted octanol–water partition coefficient (Wildman–Crippen LogP) is 4.87. The second-order valence-corrected chi connectivity index (χ2v) is 6.16. The summed E-state index contributed by atoms with van der Waals surface area (Å²) in [4.78, 5) is 23.4. The van der Waals surface area contributed by atoms with Crippen molar-refractivity contribution in [3.63, 3.8) is 0 Å². The minimum absolute atomic E-state index is 0.0222. The number of carboxylic acids is 1. The molecule has 5 nitrogen and oxygen atoms in total. The lowest BCUT2D eigenvalue weighted by Gasteiger charge is -2.10. The molecule has 0 spiro atoms. The Bertz CT molecular complexity index is 973. The van der Waals surface area contributed by atoms with Crippen LogP contribution < -0.4 is 10.1 Å². The maximum Gasteiger partial charge on any atom is 0.337 e. The molecule has 27 heavy (non-hydrogen) atoms. The summed E-state index contributed by atoms with van der Waals surface area (Å²) in [5.74, 6) is -0.897. The van der Waals surface area contributed by atoms with E-state index in [0.717, 1.165) is 5.56 Å². The second kappa shape index (κ2) is 8.38. The Kier molecular flexibility index (Phi) is 5.74. The summed E-state index contributed by atoms with van der Waals surface area (Å²) < 4.78 is 5.73. The predicted molar refractivity (Wildman–Crippen MR) is 104 cm³/mol. The van der Waals surface area contributed by atoms with Crippen LogP contribution in [-0.2, 0) is 6.61 Å². The van der Waals surface area contributed by atoms with E-state index in [-0.39, 0.29) is 16.5 Å². The maximum absolute atomic E-state index is 12.4. The SMILES string of the molecule is O=C(Nc1ccc(C(=O)O)c(Cl)c1)c1cccc(OCc2ccccc2)c1. The van der Waals surface area contributed by atoms with Gasteiger partial charge in [0.1, 0.15) is 12.4 Å². The Balaban J connectivity index is 1.68. The minimum Gasteiger partial charge on any atom is -0.489 e. The number of carbonyl (C=O) groups is 2. The van der Waals surface area contributed by atoms with E-state index in [1.54, 1.807) is 24.3 Å². The molecule has 3 aromatic carbocycles. The third-order valence-corrected chi connectivity index (χ3v) is 4.11. The molecule has 0 aliphatic rings. The van der Waals surface area contributed by atoms with E-state index in [2.05, 4.69) is 5.32 Å². The van der Waals surface area contributed by atoms with Crippen molar-refractivity contribution in [2.45, 2.75) is 6.61 Å². The van der Waals surface area contributed by atoms with Crippen LogP contribution in [0.4, 0.5) is 5.69 Å². The summed E-state index contributed by atoms with van der Waals surface area (Å²) in [6, 6.07) is 20.8. The topological polar surface area (TPSA) is 75.6 Å². The molecular formula is C21H16ClNO4. The Morgan fingerprint density at radius 1 is 0.963 bits per heavy atom. The number of ether oxygens (including phenoxy) is 1. The van der Waals surface area contributed by atoms with Crippen LogP contribution >= 0.6 is 11.6 Å². The van der Waals surface area contributed by atoms with Crippen LogP contribution in [0.2, 0.25) is 5.02 Å². The highest BCUT2D eigenvalue weighted by atomic mass is 35.5. The van der Waals surface area contributed by atoms with Gasteiger partial charge in [-0.2, -0.15) is 0 Å². The Labute approximate surface area is 161 Å². The van der Waals surface area contributed by atoms with Gasteiger partial charge in [0.2, 0.25) is 0 Å². The highest BCUT2D eigenvalue weighted by molar-refractivity contribution is 6.33. The summed E-state index contributed by atoms with van der Waals surface area (Å²) in [6.07, 6.45) is 0. The zero-order valence-electron chi connectivity index (χ0n) is 14.2. The van der Waals surface area contributed by atoms with Crippen LogP contribution in [-0.4, -0.2) is 17.0 Å². The lowest BCUT2D eigenvalue weighted by Crippen LogP contribution is -2.12. The molecule has 0 bridgehead atoms. The lowest BCUT2D eigenvalue weighted by atomic mass is 10.1. The quantitative estimate of drug-likeness (QED) is 0.638. The van der Waals surface area contributed by atoms with Crippen LogP contribution in [0.1, 0.15) is 26.3 Å². The molecule has 1 amide bonds. The number of aromatic carboxylic acids is 1. The zero-order valence-corrected chi connectivity index (χ0v) is 14.9. The van der Waals surface area contributed by atoms with Crippen molar-refractivity contribution >= 4 is 29.2 Å². The molecule has 0 radical (unpaired) electrons. The van der Waals surface area contributed by atoms with Gasteiger partial charge in [-0.3, -0.25) is 4.79 Å². The molecule has 2 N–H and O–H groups in total. The summed E-state index contributed by atoms with van der Waals surface area (Å²) in [6.45, 7) is 0.401. The molecular weight excluding hydrogens is 366 g/mol. The first kappa shape index (κ1) is 18.5. The van der Waals surface area contributed by atoms with Crippen molar-refractivity contribution in [3.05, 3.63) is 94.5 Å². The summed E-state index contributed by atoms with van der Waals surface area (Å²) in [5, 5.41) is 11.7. The lowest BCUT2D eigenvalue weighted by molar-refractivity contribution is 0.0697. The molecule has 0 saturated heterocycles. The number of nitrogens with one attached hydrogen (secondary N) is 1. The highest BCUT2D eigenvalue weighted by Crippen LogP contribution is 2.22. The van der Waals surface area contributed by atoms with Gasteiger partial charge in [0.15, 0.2) is 0 Å². The van der Waals surface area contributed by atoms with Crippen LogP contribution in [0.25, 0.3) is 0 Å². The van der Waals surface area contributed by atoms with Gasteiger partial charge in [-0.15, -0.1) is 0 Å². The number of hydrogen-bond acceptors (Lipinski definition) is 3. The van der Waals surface area contributed by atoms with Crippen molar-refractivity contribution in [1.82, 2.24) is 0 Å². The Hall–Kier alpha value is -3.31. The van der Waals surface area contributed by atoms with E-state index in [1.165, 1.54) is 18.2 Å². The third kappa shape index (κ3) is 4.86. The van der Waals surface area contributed by atoms with Crippen molar-refractivity contribution in [2.75, 3.05) is 5.32 Å². The van der Waals surface area contributed by atoms with Crippen LogP contribution in [0.5, 0.6) is 5.75 Å². The van der Waals surface area contributed by atoms with E-state index < -0.39 is 5.97 Å². The second-order valence-electron chi connectivity index (χ2n) is 5.76. The molecule has 0 aliphatic heterocycles. The molecule has 0 aromatic heterocycles. The summed E-state index contributed by atoms with van der Waals surface area (Å²) >= 11 is 5.93. The number of amides is 1. The Morgan fingerprint density at radius 3 is 2.44 bits per heavy atom. The van der Waals surface area contributed by atoms with Gasteiger partial charge in [-0.25, -0.2) is 4.79 Å². The number of hydrogen-bond donors (Lipinski definition) is 2. The van der Waals surface area contributed by atoms with Crippen LogP contribution in [0.3, 0.4) is 0 Å². The number of rotatable bonds is 6. The normalized spacial score (nSPS) is 10.3. The van der Waals surface area contributed by atoms with Crippen LogP contribution in [0.15, 0.2) is 72.8 Å². The number of anilines is 1. The van der Waals surface area contributed by atoms with Gasteiger partial charge in [0.25, 0.3) is 5.91 Å². The van der Waals surface area contributed by atoms with Gasteiger partial charge in [0.05, 0.1) is 10.6 Å². The number of benzene rings is 3. The highest BCUT2D eigenvalue weighted by Gasteiger charge is 2.12. The van der Waals surface area contributed by atoms with E-state index in [1.807, 2.05) is 30.3 Å². The molecule has 3 rings (SSSR count). The standard InChI is InChI=1S/C21H16ClNO4/c22-19-12-16(9-10-18(19)21(25)26)23-20(24)15-7-4-8-17(11-15)27-13-14-5-2-1-3-6-14/h1-12H,13H2,(H,23,24)(H,25,26).